The van der Waals surface area contributed by atoms with Crippen LogP contribution in [0.5, 0.6) is 5.75 Å². The predicted molar refractivity (Wildman–Crippen MR) is 142 cm³/mol. The monoisotopic (exact) mass is 486 g/mol. The van der Waals surface area contributed by atoms with Crippen LogP contribution >= 0.6 is 11.8 Å². The standard InChI is InChI=1S/C29H30N2O3S/c1-19-14-25(20(2)31(19)17-23-10-7-13-34-23)28(32)18-35-29-16-26(21-8-5-4-6-9-21)24-12-11-22(33-3)15-27(24)30-29/h4-6,8-9,11-12,14-16,23H,7,10,13,17-18H2,1-3H3. The Labute approximate surface area is 210 Å². The molecular weight excluding hydrogens is 456 g/mol. The molecule has 6 heteroatoms. The number of carbonyl (C=O) groups excluding carboxylic acids is 1. The zero-order valence-corrected chi connectivity index (χ0v) is 21.2. The third kappa shape index (κ3) is 5.00. The largest absolute Gasteiger partial charge is 0.497 e. The summed E-state index contributed by atoms with van der Waals surface area (Å²) in [6, 6.07) is 20.3. The third-order valence-electron chi connectivity index (χ3n) is 6.71. The number of fused-ring (bicyclic) bond motifs is 1. The average Bonchev–Trinajstić information content (AvgIpc) is 3.50. The first-order valence-electron chi connectivity index (χ1n) is 12.0. The summed E-state index contributed by atoms with van der Waals surface area (Å²) in [6.07, 6.45) is 2.44. The van der Waals surface area contributed by atoms with E-state index in [4.69, 9.17) is 14.5 Å². The van der Waals surface area contributed by atoms with Crippen molar-refractivity contribution in [3.63, 3.8) is 0 Å². The van der Waals surface area contributed by atoms with E-state index >= 15 is 0 Å². The third-order valence-corrected chi connectivity index (χ3v) is 7.63. The van der Waals surface area contributed by atoms with Gasteiger partial charge in [0.15, 0.2) is 5.78 Å². The molecule has 0 N–H and O–H groups in total. The summed E-state index contributed by atoms with van der Waals surface area (Å²) in [5, 5.41) is 1.89. The van der Waals surface area contributed by atoms with Gasteiger partial charge in [-0.3, -0.25) is 4.79 Å². The summed E-state index contributed by atoms with van der Waals surface area (Å²) in [5.41, 5.74) is 5.99. The van der Waals surface area contributed by atoms with Gasteiger partial charge < -0.3 is 14.0 Å². The van der Waals surface area contributed by atoms with E-state index in [0.717, 1.165) is 75.7 Å². The Morgan fingerprint density at radius 1 is 1.14 bits per heavy atom. The van der Waals surface area contributed by atoms with Crippen LogP contribution in [0.15, 0.2) is 65.7 Å². The second-order valence-electron chi connectivity index (χ2n) is 9.00. The van der Waals surface area contributed by atoms with Gasteiger partial charge >= 0.3 is 0 Å². The van der Waals surface area contributed by atoms with E-state index in [9.17, 15) is 4.79 Å². The highest BCUT2D eigenvalue weighted by Crippen LogP contribution is 2.34. The molecule has 0 saturated carbocycles. The molecule has 180 valence electrons. The Hall–Kier alpha value is -3.09. The molecule has 1 atom stereocenters. The molecule has 1 aliphatic rings. The lowest BCUT2D eigenvalue weighted by molar-refractivity contribution is 0.0957. The van der Waals surface area contributed by atoms with Crippen molar-refractivity contribution in [2.75, 3.05) is 19.5 Å². The number of carbonyl (C=O) groups is 1. The maximum atomic E-state index is 13.2. The van der Waals surface area contributed by atoms with Crippen LogP contribution < -0.4 is 4.74 Å². The van der Waals surface area contributed by atoms with Gasteiger partial charge in [0.1, 0.15) is 5.75 Å². The van der Waals surface area contributed by atoms with Crippen molar-refractivity contribution in [1.82, 2.24) is 9.55 Å². The van der Waals surface area contributed by atoms with Gasteiger partial charge in [-0.2, -0.15) is 0 Å². The van der Waals surface area contributed by atoms with Crippen molar-refractivity contribution in [2.24, 2.45) is 0 Å². The summed E-state index contributed by atoms with van der Waals surface area (Å²) < 4.78 is 13.5. The molecule has 1 aliphatic heterocycles. The van der Waals surface area contributed by atoms with Crippen LogP contribution in [0.2, 0.25) is 0 Å². The van der Waals surface area contributed by atoms with Crippen LogP contribution in [0, 0.1) is 13.8 Å². The number of nitrogens with zero attached hydrogens (tertiary/aromatic N) is 2. The number of hydrogen-bond acceptors (Lipinski definition) is 5. The topological polar surface area (TPSA) is 53.4 Å². The summed E-state index contributed by atoms with van der Waals surface area (Å²) in [6.45, 7) is 5.75. The highest BCUT2D eigenvalue weighted by Gasteiger charge is 2.21. The molecule has 3 heterocycles. The minimum atomic E-state index is 0.121. The minimum absolute atomic E-state index is 0.121. The van der Waals surface area contributed by atoms with Gasteiger partial charge in [-0.25, -0.2) is 4.98 Å². The molecule has 0 aliphatic carbocycles. The fraction of sp³-hybridized carbons (Fsp3) is 0.310. The van der Waals surface area contributed by atoms with E-state index in [-0.39, 0.29) is 11.9 Å². The molecule has 1 fully saturated rings. The average molecular weight is 487 g/mol. The number of ether oxygens (including phenoxy) is 2. The Kier molecular flexibility index (Phi) is 6.93. The molecule has 1 saturated heterocycles. The number of Topliss-reactive ketones (excluding diaryl/α,β-unsaturated/α-hetero) is 1. The normalized spacial score (nSPS) is 15.6. The van der Waals surface area contributed by atoms with E-state index in [2.05, 4.69) is 29.7 Å². The number of hydrogen-bond donors (Lipinski definition) is 0. The van der Waals surface area contributed by atoms with Crippen molar-refractivity contribution in [1.29, 1.82) is 0 Å². The maximum Gasteiger partial charge on any atom is 0.174 e. The second kappa shape index (κ2) is 10.3. The fourth-order valence-electron chi connectivity index (χ4n) is 4.81. The van der Waals surface area contributed by atoms with Crippen molar-refractivity contribution in [3.05, 3.63) is 77.6 Å². The van der Waals surface area contributed by atoms with E-state index < -0.39 is 0 Å². The Morgan fingerprint density at radius 3 is 2.71 bits per heavy atom. The van der Waals surface area contributed by atoms with Crippen molar-refractivity contribution in [2.45, 2.75) is 44.4 Å². The number of aromatic nitrogens is 2. The van der Waals surface area contributed by atoms with Crippen LogP contribution in [-0.4, -0.2) is 40.9 Å². The van der Waals surface area contributed by atoms with Gasteiger partial charge in [-0.1, -0.05) is 42.1 Å². The Balaban J connectivity index is 1.40. The van der Waals surface area contributed by atoms with E-state index in [0.29, 0.717) is 5.75 Å². The van der Waals surface area contributed by atoms with Gasteiger partial charge in [0, 0.05) is 41.6 Å². The number of pyridine rings is 1. The smallest absolute Gasteiger partial charge is 0.174 e. The summed E-state index contributed by atoms with van der Waals surface area (Å²) in [5.74, 6) is 1.22. The molecule has 2 aromatic carbocycles. The summed E-state index contributed by atoms with van der Waals surface area (Å²) >= 11 is 1.48. The number of rotatable bonds is 8. The van der Waals surface area contributed by atoms with E-state index in [1.807, 2.05) is 49.4 Å². The first-order chi connectivity index (χ1) is 17.0. The fourth-order valence-corrected chi connectivity index (χ4v) is 5.61. The molecule has 5 rings (SSSR count). The van der Waals surface area contributed by atoms with Crippen LogP contribution in [0.3, 0.4) is 0 Å². The molecule has 0 radical (unpaired) electrons. The molecule has 1 unspecified atom stereocenters. The van der Waals surface area contributed by atoms with Gasteiger partial charge in [-0.05, 0) is 62.1 Å². The molecule has 2 aromatic heterocycles. The number of methoxy groups -OCH3 is 1. The van der Waals surface area contributed by atoms with Gasteiger partial charge in [0.25, 0.3) is 0 Å². The van der Waals surface area contributed by atoms with E-state index in [1.54, 1.807) is 7.11 Å². The van der Waals surface area contributed by atoms with Crippen molar-refractivity contribution >= 4 is 28.4 Å². The first kappa shape index (κ1) is 23.6. The zero-order chi connectivity index (χ0) is 24.4. The molecular formula is C29H30N2O3S. The molecule has 0 bridgehead atoms. The number of thioether (sulfide) groups is 1. The quantitative estimate of drug-likeness (QED) is 0.211. The second-order valence-corrected chi connectivity index (χ2v) is 10.00. The highest BCUT2D eigenvalue weighted by atomic mass is 32.2. The molecule has 35 heavy (non-hydrogen) atoms. The van der Waals surface area contributed by atoms with Crippen molar-refractivity contribution in [3.8, 4) is 16.9 Å². The Morgan fingerprint density at radius 2 is 1.97 bits per heavy atom. The lowest BCUT2D eigenvalue weighted by Crippen LogP contribution is -2.17. The number of aryl methyl sites for hydroxylation is 1. The molecule has 5 nitrogen and oxygen atoms in total. The van der Waals surface area contributed by atoms with Gasteiger partial charge in [0.2, 0.25) is 0 Å². The first-order valence-corrected chi connectivity index (χ1v) is 13.0. The summed E-state index contributed by atoms with van der Waals surface area (Å²) in [4.78, 5) is 18.1. The SMILES string of the molecule is COc1ccc2c(-c3ccccc3)cc(SCC(=O)c3cc(C)n(CC4CCCO4)c3C)nc2c1. The summed E-state index contributed by atoms with van der Waals surface area (Å²) in [7, 11) is 1.66. The number of ketones is 1. The van der Waals surface area contributed by atoms with Crippen LogP contribution in [0.25, 0.3) is 22.0 Å². The number of benzene rings is 2. The Bertz CT molecular complexity index is 1360. The zero-order valence-electron chi connectivity index (χ0n) is 20.4. The lowest BCUT2D eigenvalue weighted by Gasteiger charge is -2.14. The highest BCUT2D eigenvalue weighted by molar-refractivity contribution is 7.99. The maximum absolute atomic E-state index is 13.2. The molecule has 0 amide bonds. The van der Waals surface area contributed by atoms with Crippen LogP contribution in [0.1, 0.15) is 34.6 Å². The van der Waals surface area contributed by atoms with Crippen LogP contribution in [-0.2, 0) is 11.3 Å². The molecule has 4 aromatic rings. The minimum Gasteiger partial charge on any atom is -0.497 e. The van der Waals surface area contributed by atoms with Crippen LogP contribution in [0.4, 0.5) is 0 Å². The van der Waals surface area contributed by atoms with Gasteiger partial charge in [-0.15, -0.1) is 0 Å². The van der Waals surface area contributed by atoms with Gasteiger partial charge in [0.05, 0.1) is 29.5 Å². The molecule has 0 spiro atoms. The lowest BCUT2D eigenvalue weighted by atomic mass is 10.0. The van der Waals surface area contributed by atoms with Crippen molar-refractivity contribution < 1.29 is 14.3 Å². The predicted octanol–water partition coefficient (Wildman–Crippen LogP) is 6.48. The van der Waals surface area contributed by atoms with E-state index in [1.165, 1.54) is 11.8 Å².